The Bertz CT molecular complexity index is 3180. The summed E-state index contributed by atoms with van der Waals surface area (Å²) in [4.78, 5) is 13.9. The largest absolute Gasteiger partial charge is 0.492 e. The molecule has 18 nitrogen and oxygen atoms in total. The first-order valence-corrected chi connectivity index (χ1v) is 23.0. The summed E-state index contributed by atoms with van der Waals surface area (Å²) >= 11 is 0. The van der Waals surface area contributed by atoms with Crippen LogP contribution >= 0.6 is 0 Å². The van der Waals surface area contributed by atoms with Gasteiger partial charge < -0.3 is 46.1 Å². The molecule has 9 aromatic rings. The lowest BCUT2D eigenvalue weighted by atomic mass is 10.1. The van der Waals surface area contributed by atoms with Crippen molar-refractivity contribution in [2.24, 2.45) is 0 Å². The molecule has 0 spiro atoms. The monoisotopic (exact) mass is 935 g/mol. The number of fused-ring (bicyclic) bond motifs is 12. The molecule has 9 heterocycles. The van der Waals surface area contributed by atoms with Crippen LogP contribution in [0, 0.1) is 11.6 Å². The van der Waals surface area contributed by atoms with Crippen molar-refractivity contribution in [2.45, 2.75) is 6.42 Å². The van der Waals surface area contributed by atoms with Crippen molar-refractivity contribution in [1.29, 1.82) is 0 Å². The van der Waals surface area contributed by atoms with E-state index in [0.717, 1.165) is 116 Å². The zero-order valence-corrected chi connectivity index (χ0v) is 37.7. The molecule has 0 atom stereocenters. The predicted molar refractivity (Wildman–Crippen MR) is 260 cm³/mol. The first-order chi connectivity index (χ1) is 34.0. The van der Waals surface area contributed by atoms with Gasteiger partial charge in [-0.25, -0.2) is 37.3 Å². The van der Waals surface area contributed by atoms with Gasteiger partial charge >= 0.3 is 0 Å². The van der Waals surface area contributed by atoms with Gasteiger partial charge in [-0.15, -0.1) is 0 Å². The molecule has 0 saturated carbocycles. The minimum atomic E-state index is -0.368. The fraction of sp³-hybridized carbons (Fsp3) is 0.265. The van der Waals surface area contributed by atoms with Crippen LogP contribution in [0.3, 0.4) is 0 Å². The molecule has 0 fully saturated rings. The summed E-state index contributed by atoms with van der Waals surface area (Å²) in [6.45, 7) is 8.70. The molecule has 0 saturated heterocycles. The van der Waals surface area contributed by atoms with Crippen LogP contribution in [0.2, 0.25) is 0 Å². The van der Waals surface area contributed by atoms with Crippen LogP contribution in [0.4, 0.5) is 26.2 Å². The van der Waals surface area contributed by atoms with E-state index < -0.39 is 0 Å². The lowest BCUT2D eigenvalue weighted by Crippen LogP contribution is -2.27. The highest BCUT2D eigenvalue weighted by Crippen LogP contribution is 2.32. The van der Waals surface area contributed by atoms with Gasteiger partial charge in [-0.2, -0.15) is 15.3 Å². The van der Waals surface area contributed by atoms with Crippen molar-refractivity contribution in [3.8, 4) is 50.6 Å². The van der Waals surface area contributed by atoms with Gasteiger partial charge in [0.25, 0.3) is 0 Å². The van der Waals surface area contributed by atoms with Crippen LogP contribution in [0.15, 0.2) is 116 Å². The Kier molecular flexibility index (Phi) is 13.9. The minimum Gasteiger partial charge on any atom is -0.492 e. The lowest BCUT2D eigenvalue weighted by molar-refractivity contribution is 0.300. The van der Waals surface area contributed by atoms with Crippen molar-refractivity contribution in [3.05, 3.63) is 128 Å². The van der Waals surface area contributed by atoms with Gasteiger partial charge in [0.05, 0.1) is 18.6 Å². The number of anilines is 3. The third-order valence-electron chi connectivity index (χ3n) is 11.4. The second kappa shape index (κ2) is 21.3. The fourth-order valence-electron chi connectivity index (χ4n) is 7.91. The van der Waals surface area contributed by atoms with E-state index in [-0.39, 0.29) is 17.4 Å². The summed E-state index contributed by atoms with van der Waals surface area (Å²) < 4.78 is 50.4. The molecule has 3 aliphatic rings. The maximum Gasteiger partial charge on any atom is 0.165 e. The lowest BCUT2D eigenvalue weighted by Gasteiger charge is -2.12. The molecule has 354 valence electrons. The molecule has 6 N–H and O–H groups in total. The van der Waals surface area contributed by atoms with Crippen LogP contribution in [0.25, 0.3) is 50.3 Å². The van der Waals surface area contributed by atoms with Crippen LogP contribution in [-0.2, 0) is 0 Å². The van der Waals surface area contributed by atoms with E-state index >= 15 is 0 Å². The number of hydrogen-bond donors (Lipinski definition) is 6. The number of hydrogen-bond acceptors (Lipinski definition) is 15. The van der Waals surface area contributed by atoms with E-state index in [2.05, 4.69) is 63.2 Å². The molecule has 69 heavy (non-hydrogen) atoms. The number of halogens is 2. The van der Waals surface area contributed by atoms with Crippen molar-refractivity contribution in [1.82, 2.24) is 59.7 Å². The number of benzene rings is 3. The van der Waals surface area contributed by atoms with Gasteiger partial charge in [-0.05, 0) is 84.8 Å². The standard InChI is InChI=1S/C17H19N5O.2C16H16FN5O/c1-3-13-11-14(4-1)23-10-8-18-6-2-7-19-16-5-9-22-17(21-16)15(13)12-20-22;17-13-2-1-11-9-14(13)23-8-6-18-4-5-19-15-3-7-22-16(21-15)12(11)10-20-22;17-14-2-1-11-9-12(14)13-10-20-22-7-3-15(21-16(13)22)19-5-4-18-6-8-23-11/h1,3-5,9,11-12,18H,2,6-8,10H2,(H,19,21);2*1-3,7,9-10,18H,4-6,8H2,(H,19,21). The topological polar surface area (TPSA) is 190 Å². The summed E-state index contributed by atoms with van der Waals surface area (Å²) in [6.07, 6.45) is 11.8. The van der Waals surface area contributed by atoms with Crippen LogP contribution in [-0.4, -0.2) is 123 Å². The quantitative estimate of drug-likeness (QED) is 0.103. The van der Waals surface area contributed by atoms with Crippen LogP contribution < -0.4 is 46.1 Å². The molecular weight excluding hydrogens is 885 g/mol. The van der Waals surface area contributed by atoms with Gasteiger partial charge in [0.2, 0.25) is 0 Å². The number of nitrogens with one attached hydrogen (secondary N) is 6. The number of ether oxygens (including phenoxy) is 3. The molecule has 0 aliphatic carbocycles. The van der Waals surface area contributed by atoms with Crippen molar-refractivity contribution in [2.75, 3.05) is 94.7 Å². The highest BCUT2D eigenvalue weighted by molar-refractivity contribution is 5.80. The van der Waals surface area contributed by atoms with Crippen LogP contribution in [0.1, 0.15) is 6.42 Å². The summed E-state index contributed by atoms with van der Waals surface area (Å²) in [5, 5.41) is 32.7. The van der Waals surface area contributed by atoms with Crippen molar-refractivity contribution in [3.63, 3.8) is 0 Å². The number of nitrogens with zero attached hydrogens (tertiary/aromatic N) is 9. The molecule has 3 aromatic carbocycles. The van der Waals surface area contributed by atoms with Gasteiger partial charge in [0, 0.05) is 93.2 Å². The van der Waals surface area contributed by atoms with E-state index in [4.69, 9.17) is 19.2 Å². The minimum absolute atomic E-state index is 0.245. The summed E-state index contributed by atoms with van der Waals surface area (Å²) in [5.74, 6) is 3.46. The van der Waals surface area contributed by atoms with Gasteiger partial charge in [-0.3, -0.25) is 0 Å². The first kappa shape index (κ1) is 44.9. The number of aromatic nitrogens is 9. The van der Waals surface area contributed by atoms with Crippen LogP contribution in [0.5, 0.6) is 17.2 Å². The maximum atomic E-state index is 14.3. The summed E-state index contributed by atoms with van der Waals surface area (Å²) in [6, 6.07) is 23.3. The van der Waals surface area contributed by atoms with E-state index in [1.165, 1.54) is 12.1 Å². The average Bonchev–Trinajstić information content (AvgIpc) is 4.12. The normalized spacial score (nSPS) is 15.2. The highest BCUT2D eigenvalue weighted by atomic mass is 19.1. The average molecular weight is 936 g/mol. The first-order valence-electron chi connectivity index (χ1n) is 23.0. The van der Waals surface area contributed by atoms with Crippen molar-refractivity contribution < 1.29 is 23.0 Å². The van der Waals surface area contributed by atoms with E-state index in [1.807, 2.05) is 61.2 Å². The smallest absolute Gasteiger partial charge is 0.165 e. The molecule has 0 amide bonds. The Morgan fingerprint density at radius 1 is 0.435 bits per heavy atom. The molecule has 6 aromatic heterocycles. The third kappa shape index (κ3) is 10.8. The van der Waals surface area contributed by atoms with E-state index in [0.29, 0.717) is 48.9 Å². The van der Waals surface area contributed by atoms with Gasteiger partial charge in [-0.1, -0.05) is 18.2 Å². The molecule has 0 unspecified atom stereocenters. The van der Waals surface area contributed by atoms with Gasteiger partial charge in [0.1, 0.15) is 54.6 Å². The Labute approximate surface area is 395 Å². The van der Waals surface area contributed by atoms with Gasteiger partial charge in [0.15, 0.2) is 28.5 Å². The molecule has 20 heteroatoms. The molecule has 0 radical (unpaired) electrons. The van der Waals surface area contributed by atoms with Crippen molar-refractivity contribution >= 4 is 34.4 Å². The maximum absolute atomic E-state index is 14.3. The molecular formula is C49H51F2N15O3. The Hall–Kier alpha value is -7.94. The second-order valence-corrected chi connectivity index (χ2v) is 16.2. The highest BCUT2D eigenvalue weighted by Gasteiger charge is 2.16. The fourth-order valence-corrected chi connectivity index (χ4v) is 7.91. The zero-order chi connectivity index (χ0) is 46.8. The summed E-state index contributed by atoms with van der Waals surface area (Å²) in [7, 11) is 0. The SMILES string of the molecule is Fc1ccc2cc1-c1cnn3ccc(nc13)NCCNCCO2.Fc1ccc2cc1OCCNCCNc1ccn3ncc-2c3n1.c1cc2cc(c1)-c1cnn3ccc(nc13)NCCCNCCO2. The van der Waals surface area contributed by atoms with E-state index in [1.54, 1.807) is 50.2 Å². The summed E-state index contributed by atoms with van der Waals surface area (Å²) in [5.41, 5.74) is 6.99. The molecule has 3 aliphatic heterocycles. The second-order valence-electron chi connectivity index (χ2n) is 16.2. The molecule has 12 rings (SSSR count). The predicted octanol–water partition coefficient (Wildman–Crippen LogP) is 6.04. The Balaban J connectivity index is 0.000000120. The Morgan fingerprint density at radius 3 is 1.59 bits per heavy atom. The number of rotatable bonds is 0. The Morgan fingerprint density at radius 2 is 0.957 bits per heavy atom. The third-order valence-corrected chi connectivity index (χ3v) is 11.4. The zero-order valence-electron chi connectivity index (χ0n) is 37.7. The van der Waals surface area contributed by atoms with E-state index in [9.17, 15) is 8.78 Å². The molecule has 12 bridgehead atoms.